The van der Waals surface area contributed by atoms with Gasteiger partial charge in [-0.05, 0) is 19.1 Å². The number of anilines is 1. The van der Waals surface area contributed by atoms with Gasteiger partial charge in [0, 0.05) is 6.20 Å². The molecule has 3 N–H and O–H groups in total. The third-order valence-electron chi connectivity index (χ3n) is 2.11. The molecule has 0 amide bonds. The van der Waals surface area contributed by atoms with Gasteiger partial charge in [0.2, 0.25) is 0 Å². The van der Waals surface area contributed by atoms with E-state index in [0.717, 1.165) is 11.4 Å². The molecule has 2 aromatic heterocycles. The van der Waals surface area contributed by atoms with Crippen molar-refractivity contribution >= 4 is 5.82 Å². The lowest BCUT2D eigenvalue weighted by molar-refractivity contribution is 0.276. The van der Waals surface area contributed by atoms with E-state index < -0.39 is 0 Å². The Kier molecular flexibility index (Phi) is 2.39. The molecule has 0 aliphatic heterocycles. The minimum atomic E-state index is -0.141. The van der Waals surface area contributed by atoms with Crippen LogP contribution in [0.2, 0.25) is 0 Å². The van der Waals surface area contributed by atoms with Crippen molar-refractivity contribution in [1.29, 1.82) is 0 Å². The average molecular weight is 204 g/mol. The highest BCUT2D eigenvalue weighted by Gasteiger charge is 2.06. The second-order valence-electron chi connectivity index (χ2n) is 3.28. The van der Waals surface area contributed by atoms with Crippen LogP contribution in [0, 0.1) is 6.92 Å². The summed E-state index contributed by atoms with van der Waals surface area (Å²) >= 11 is 0. The van der Waals surface area contributed by atoms with Crippen molar-refractivity contribution in [3.63, 3.8) is 0 Å². The zero-order chi connectivity index (χ0) is 10.8. The number of aromatic nitrogens is 3. The summed E-state index contributed by atoms with van der Waals surface area (Å²) in [5.74, 6) is 0.402. The monoisotopic (exact) mass is 204 g/mol. The molecule has 0 atom stereocenters. The third kappa shape index (κ3) is 1.82. The molecule has 5 heteroatoms. The lowest BCUT2D eigenvalue weighted by Crippen LogP contribution is -2.02. The summed E-state index contributed by atoms with van der Waals surface area (Å²) in [6.07, 6.45) is 3.55. The topological polar surface area (TPSA) is 77.0 Å². The van der Waals surface area contributed by atoms with Gasteiger partial charge in [-0.25, -0.2) is 9.97 Å². The van der Waals surface area contributed by atoms with Crippen LogP contribution >= 0.6 is 0 Å². The lowest BCUT2D eigenvalue weighted by Gasteiger charge is -2.07. The maximum absolute atomic E-state index is 9.16. The Balaban J connectivity index is 2.52. The van der Waals surface area contributed by atoms with Crippen LogP contribution < -0.4 is 5.73 Å². The summed E-state index contributed by atoms with van der Waals surface area (Å²) in [5.41, 5.74) is 7.80. The standard InChI is InChI=1S/C10H12N4O/c1-7-4-14(6-12-7)9-2-3-10(11)13-8(9)5-15/h2-4,6,15H,5H2,1H3,(H2,11,13). The van der Waals surface area contributed by atoms with Gasteiger partial charge >= 0.3 is 0 Å². The number of nitrogens with zero attached hydrogens (tertiary/aromatic N) is 3. The molecule has 0 spiro atoms. The summed E-state index contributed by atoms with van der Waals surface area (Å²) in [6.45, 7) is 1.76. The molecule has 78 valence electrons. The number of aliphatic hydroxyl groups is 1. The number of hydrogen-bond acceptors (Lipinski definition) is 4. The van der Waals surface area contributed by atoms with Crippen LogP contribution in [-0.2, 0) is 6.61 Å². The van der Waals surface area contributed by atoms with E-state index in [1.54, 1.807) is 12.4 Å². The van der Waals surface area contributed by atoms with Gasteiger partial charge in [-0.3, -0.25) is 0 Å². The van der Waals surface area contributed by atoms with Crippen LogP contribution in [0.15, 0.2) is 24.7 Å². The lowest BCUT2D eigenvalue weighted by atomic mass is 10.3. The molecule has 0 aromatic carbocycles. The Labute approximate surface area is 87.2 Å². The van der Waals surface area contributed by atoms with Crippen LogP contribution in [0.4, 0.5) is 5.82 Å². The van der Waals surface area contributed by atoms with Crippen LogP contribution in [-0.4, -0.2) is 19.6 Å². The largest absolute Gasteiger partial charge is 0.390 e. The second-order valence-corrected chi connectivity index (χ2v) is 3.28. The highest BCUT2D eigenvalue weighted by atomic mass is 16.3. The molecule has 0 unspecified atom stereocenters. The van der Waals surface area contributed by atoms with Crippen molar-refractivity contribution in [2.45, 2.75) is 13.5 Å². The molecule has 0 bridgehead atoms. The first-order valence-corrected chi connectivity index (χ1v) is 4.58. The normalized spacial score (nSPS) is 10.5. The van der Waals surface area contributed by atoms with Gasteiger partial charge in [-0.15, -0.1) is 0 Å². The first-order valence-electron chi connectivity index (χ1n) is 4.58. The van der Waals surface area contributed by atoms with Gasteiger partial charge in [-0.2, -0.15) is 0 Å². The number of hydrogen-bond donors (Lipinski definition) is 2. The number of aliphatic hydroxyl groups excluding tert-OH is 1. The van der Waals surface area contributed by atoms with E-state index in [2.05, 4.69) is 9.97 Å². The molecule has 0 radical (unpaired) electrons. The Morgan fingerprint density at radius 3 is 2.87 bits per heavy atom. The molecule has 0 fully saturated rings. The minimum absolute atomic E-state index is 0.141. The van der Waals surface area contributed by atoms with E-state index >= 15 is 0 Å². The summed E-state index contributed by atoms with van der Waals surface area (Å²) in [4.78, 5) is 8.17. The summed E-state index contributed by atoms with van der Waals surface area (Å²) in [6, 6.07) is 3.51. The third-order valence-corrected chi connectivity index (χ3v) is 2.11. The Morgan fingerprint density at radius 1 is 1.47 bits per heavy atom. The van der Waals surface area contributed by atoms with E-state index in [4.69, 9.17) is 10.8 Å². The molecule has 0 saturated heterocycles. The molecule has 15 heavy (non-hydrogen) atoms. The number of nitrogens with two attached hydrogens (primary N) is 1. The number of pyridine rings is 1. The van der Waals surface area contributed by atoms with Crippen molar-refractivity contribution in [2.75, 3.05) is 5.73 Å². The molecular formula is C10H12N4O. The molecule has 2 rings (SSSR count). The van der Waals surface area contributed by atoms with Gasteiger partial charge in [0.25, 0.3) is 0 Å². The maximum Gasteiger partial charge on any atom is 0.123 e. The molecule has 5 nitrogen and oxygen atoms in total. The zero-order valence-electron chi connectivity index (χ0n) is 8.38. The second kappa shape index (κ2) is 3.70. The molecule has 0 aliphatic carbocycles. The summed E-state index contributed by atoms with van der Waals surface area (Å²) < 4.78 is 1.81. The van der Waals surface area contributed by atoms with Crippen molar-refractivity contribution in [2.24, 2.45) is 0 Å². The minimum Gasteiger partial charge on any atom is -0.390 e. The number of imidazole rings is 1. The number of nitrogen functional groups attached to an aromatic ring is 1. The molecular weight excluding hydrogens is 192 g/mol. The van der Waals surface area contributed by atoms with Crippen molar-refractivity contribution in [1.82, 2.24) is 14.5 Å². The SMILES string of the molecule is Cc1cn(-c2ccc(N)nc2CO)cn1. The smallest absolute Gasteiger partial charge is 0.123 e. The van der Waals surface area contributed by atoms with E-state index in [1.807, 2.05) is 23.8 Å². The first kappa shape index (κ1) is 9.67. The van der Waals surface area contributed by atoms with Gasteiger partial charge in [0.05, 0.1) is 30.0 Å². The first-order chi connectivity index (χ1) is 7.20. The maximum atomic E-state index is 9.16. The Hall–Kier alpha value is -1.88. The van der Waals surface area contributed by atoms with Crippen LogP contribution in [0.1, 0.15) is 11.4 Å². The van der Waals surface area contributed by atoms with Gasteiger partial charge < -0.3 is 15.4 Å². The fraction of sp³-hybridized carbons (Fsp3) is 0.200. The highest BCUT2D eigenvalue weighted by molar-refractivity contribution is 5.43. The van der Waals surface area contributed by atoms with E-state index in [9.17, 15) is 0 Å². The Bertz CT molecular complexity index is 478. The van der Waals surface area contributed by atoms with Gasteiger partial charge in [0.1, 0.15) is 5.82 Å². The van der Waals surface area contributed by atoms with E-state index in [0.29, 0.717) is 11.5 Å². The summed E-state index contributed by atoms with van der Waals surface area (Å²) in [5, 5.41) is 9.16. The molecule has 0 saturated carbocycles. The highest BCUT2D eigenvalue weighted by Crippen LogP contribution is 2.14. The number of rotatable bonds is 2. The predicted molar refractivity (Wildman–Crippen MR) is 56.4 cm³/mol. The van der Waals surface area contributed by atoms with E-state index in [-0.39, 0.29) is 6.61 Å². The van der Waals surface area contributed by atoms with Crippen LogP contribution in [0.5, 0.6) is 0 Å². The quantitative estimate of drug-likeness (QED) is 0.753. The van der Waals surface area contributed by atoms with Crippen LogP contribution in [0.25, 0.3) is 5.69 Å². The van der Waals surface area contributed by atoms with Crippen molar-refractivity contribution in [3.05, 3.63) is 36.0 Å². The van der Waals surface area contributed by atoms with E-state index in [1.165, 1.54) is 0 Å². The van der Waals surface area contributed by atoms with Gasteiger partial charge in [0.15, 0.2) is 0 Å². The fourth-order valence-electron chi connectivity index (χ4n) is 1.42. The Morgan fingerprint density at radius 2 is 2.27 bits per heavy atom. The van der Waals surface area contributed by atoms with Crippen LogP contribution in [0.3, 0.4) is 0 Å². The summed E-state index contributed by atoms with van der Waals surface area (Å²) in [7, 11) is 0. The zero-order valence-corrected chi connectivity index (χ0v) is 8.38. The molecule has 2 heterocycles. The number of aryl methyl sites for hydroxylation is 1. The van der Waals surface area contributed by atoms with Gasteiger partial charge in [-0.1, -0.05) is 0 Å². The molecule has 2 aromatic rings. The fourth-order valence-corrected chi connectivity index (χ4v) is 1.42. The predicted octanol–water partition coefficient (Wildman–Crippen LogP) is 0.650. The van der Waals surface area contributed by atoms with Crippen molar-refractivity contribution < 1.29 is 5.11 Å². The molecule has 0 aliphatic rings. The van der Waals surface area contributed by atoms with Crippen molar-refractivity contribution in [3.8, 4) is 5.69 Å². The average Bonchev–Trinajstić information content (AvgIpc) is 2.64.